The van der Waals surface area contributed by atoms with Gasteiger partial charge in [-0.2, -0.15) is 0 Å². The predicted molar refractivity (Wildman–Crippen MR) is 68.5 cm³/mol. The van der Waals surface area contributed by atoms with Crippen molar-refractivity contribution in [2.45, 2.75) is 31.3 Å². The second-order valence-corrected chi connectivity index (χ2v) is 9.77. The summed E-state index contributed by atoms with van der Waals surface area (Å²) in [7, 11) is 0. The van der Waals surface area contributed by atoms with Gasteiger partial charge in [0.05, 0.1) is 0 Å². The summed E-state index contributed by atoms with van der Waals surface area (Å²) in [4.78, 5) is 0. The van der Waals surface area contributed by atoms with Crippen molar-refractivity contribution >= 4 is 23.1 Å². The van der Waals surface area contributed by atoms with E-state index in [0.29, 0.717) is 0 Å². The Bertz CT molecular complexity index is 339. The van der Waals surface area contributed by atoms with Crippen LogP contribution in [0.15, 0.2) is 30.3 Å². The normalized spacial score (nSPS) is 22.1. The molecule has 1 fully saturated rings. The zero-order valence-corrected chi connectivity index (χ0v) is 10.4. The van der Waals surface area contributed by atoms with E-state index in [9.17, 15) is 0 Å². The average molecular weight is 224 g/mol. The largest absolute Gasteiger partial charge is 0.0926 e. The highest BCUT2D eigenvalue weighted by molar-refractivity contribution is 8.18. The van der Waals surface area contributed by atoms with Crippen LogP contribution in [0.1, 0.15) is 25.7 Å². The number of benzene rings is 1. The Hall–Kier alpha value is -0.130. The summed E-state index contributed by atoms with van der Waals surface area (Å²) in [5.74, 6) is 0. The lowest BCUT2D eigenvalue weighted by Gasteiger charge is -2.24. The molecule has 0 radical (unpaired) electrons. The lowest BCUT2D eigenvalue weighted by molar-refractivity contribution is 0.886. The van der Waals surface area contributed by atoms with Crippen molar-refractivity contribution in [1.29, 1.82) is 0 Å². The van der Waals surface area contributed by atoms with Crippen molar-refractivity contribution in [3.05, 3.63) is 30.3 Å². The smallest absolute Gasteiger partial charge is 0.00832 e. The summed E-state index contributed by atoms with van der Waals surface area (Å²) in [5, 5.41) is 1.43. The second-order valence-electron chi connectivity index (χ2n) is 4.26. The van der Waals surface area contributed by atoms with Gasteiger partial charge in [-0.3, -0.25) is 0 Å². The van der Waals surface area contributed by atoms with Crippen molar-refractivity contribution in [2.24, 2.45) is 0 Å². The van der Waals surface area contributed by atoms with E-state index in [1.54, 1.807) is 0 Å². The minimum absolute atomic E-state index is 0.819. The highest BCUT2D eigenvalue weighted by Crippen LogP contribution is 2.52. The molecule has 1 aliphatic carbocycles. The number of hydrogen-bond donors (Lipinski definition) is 0. The van der Waals surface area contributed by atoms with Crippen LogP contribution in [0.2, 0.25) is 0 Å². The van der Waals surface area contributed by atoms with Gasteiger partial charge >= 0.3 is 0 Å². The molecule has 1 aromatic rings. The number of rotatable bonds is 2. The second kappa shape index (κ2) is 4.16. The minimum Gasteiger partial charge on any atom is -0.0926 e. The molecule has 2 rings (SSSR count). The van der Waals surface area contributed by atoms with Crippen LogP contribution >= 0.6 is 6.04 Å². The molecule has 0 spiro atoms. The van der Waals surface area contributed by atoms with Crippen LogP contribution in [0.4, 0.5) is 0 Å². The summed E-state index contributed by atoms with van der Waals surface area (Å²) in [5.41, 5.74) is 0.819. The molecule has 0 N–H and O–H groups in total. The molecule has 0 unspecified atom stereocenters. The summed E-state index contributed by atoms with van der Waals surface area (Å²) < 4.78 is 0. The number of hydrogen-bond acceptors (Lipinski definition) is 1. The summed E-state index contributed by atoms with van der Waals surface area (Å²) >= 11 is 5.88. The third-order valence-corrected chi connectivity index (χ3v) is 8.05. The van der Waals surface area contributed by atoms with Crippen LogP contribution in [0.5, 0.6) is 0 Å². The van der Waals surface area contributed by atoms with Crippen LogP contribution in [0.3, 0.4) is 0 Å². The van der Waals surface area contributed by atoms with E-state index in [2.05, 4.69) is 37.0 Å². The van der Waals surface area contributed by atoms with Crippen LogP contribution < -0.4 is 5.30 Å². The highest BCUT2D eigenvalue weighted by atomic mass is 32.4. The van der Waals surface area contributed by atoms with Crippen LogP contribution in [-0.2, 0) is 11.8 Å². The zero-order valence-electron chi connectivity index (χ0n) is 8.65. The van der Waals surface area contributed by atoms with Gasteiger partial charge < -0.3 is 0 Å². The first-order chi connectivity index (χ1) is 6.71. The Morgan fingerprint density at radius 3 is 2.29 bits per heavy atom. The molecule has 76 valence electrons. The van der Waals surface area contributed by atoms with Crippen molar-refractivity contribution in [3.63, 3.8) is 0 Å². The molecule has 1 aliphatic rings. The Morgan fingerprint density at radius 1 is 1.14 bits per heavy atom. The van der Waals surface area contributed by atoms with Gasteiger partial charge in [0.2, 0.25) is 0 Å². The molecule has 1 aromatic carbocycles. The maximum Gasteiger partial charge on any atom is -0.00832 e. The van der Waals surface area contributed by atoms with Crippen LogP contribution in [-0.4, -0.2) is 12.3 Å². The van der Waals surface area contributed by atoms with Gasteiger partial charge in [0.15, 0.2) is 0 Å². The lowest BCUT2D eigenvalue weighted by atomic mass is 10.4. The Morgan fingerprint density at radius 2 is 1.71 bits per heavy atom. The van der Waals surface area contributed by atoms with E-state index in [0.717, 1.165) is 5.66 Å². The van der Waals surface area contributed by atoms with Crippen molar-refractivity contribution in [1.82, 2.24) is 0 Å². The monoisotopic (exact) mass is 224 g/mol. The molecule has 2 heteroatoms. The molecule has 0 aliphatic heterocycles. The molecule has 1 saturated carbocycles. The molecule has 0 amide bonds. The highest BCUT2D eigenvalue weighted by Gasteiger charge is 2.27. The molecule has 1 atom stereocenters. The van der Waals surface area contributed by atoms with Gasteiger partial charge in [0.1, 0.15) is 0 Å². The van der Waals surface area contributed by atoms with Gasteiger partial charge in [0.25, 0.3) is 0 Å². The molecular formula is C12H17PS. The Kier molecular flexibility index (Phi) is 3.09. The van der Waals surface area contributed by atoms with Gasteiger partial charge in [-0.25, -0.2) is 0 Å². The molecule has 0 aromatic heterocycles. The van der Waals surface area contributed by atoms with Gasteiger partial charge in [-0.05, 0) is 36.5 Å². The predicted octanol–water partition coefficient (Wildman–Crippen LogP) is 3.36. The fourth-order valence-electron chi connectivity index (χ4n) is 2.33. The van der Waals surface area contributed by atoms with Crippen LogP contribution in [0, 0.1) is 0 Å². The molecule has 0 saturated heterocycles. The summed E-state index contributed by atoms with van der Waals surface area (Å²) in [6.45, 7) is 2.33. The third-order valence-electron chi connectivity index (χ3n) is 3.29. The Labute approximate surface area is 91.7 Å². The molecule has 0 bridgehead atoms. The average Bonchev–Trinajstić information content (AvgIpc) is 2.72. The Balaban J connectivity index is 2.28. The van der Waals surface area contributed by atoms with Gasteiger partial charge in [-0.15, -0.1) is 0 Å². The summed E-state index contributed by atoms with van der Waals surface area (Å²) in [6.07, 6.45) is 5.51. The maximum atomic E-state index is 5.88. The van der Waals surface area contributed by atoms with E-state index in [-0.39, 0.29) is 0 Å². The van der Waals surface area contributed by atoms with E-state index >= 15 is 0 Å². The molecular weight excluding hydrogens is 207 g/mol. The molecule has 0 nitrogen and oxygen atoms in total. The minimum atomic E-state index is -1.26. The zero-order chi connectivity index (χ0) is 10.0. The van der Waals surface area contributed by atoms with Crippen molar-refractivity contribution < 1.29 is 0 Å². The van der Waals surface area contributed by atoms with Crippen LogP contribution in [0.25, 0.3) is 0 Å². The van der Waals surface area contributed by atoms with E-state index in [1.165, 1.54) is 31.0 Å². The molecule has 0 heterocycles. The third kappa shape index (κ3) is 1.94. The summed E-state index contributed by atoms with van der Waals surface area (Å²) in [6, 6.07) is 9.50. The maximum absolute atomic E-state index is 5.88. The first-order valence-corrected chi connectivity index (χ1v) is 8.66. The van der Waals surface area contributed by atoms with Crippen molar-refractivity contribution in [3.8, 4) is 0 Å². The SMILES string of the molecule is C[P@@](=S)(c1ccccc1)C1CCCC1. The standard InChI is InChI=1S/C12H17PS/c1-13(14,12-9-5-6-10-12)11-7-3-2-4-8-11/h2-4,7-8,12H,5-6,9-10H2,1H3/t13-/m1/s1. The van der Waals surface area contributed by atoms with E-state index < -0.39 is 6.04 Å². The topological polar surface area (TPSA) is 0 Å². The first-order valence-electron chi connectivity index (χ1n) is 5.34. The van der Waals surface area contributed by atoms with Gasteiger partial charge in [-0.1, -0.05) is 55.0 Å². The lowest BCUT2D eigenvalue weighted by Crippen LogP contribution is -2.13. The van der Waals surface area contributed by atoms with E-state index in [1.807, 2.05) is 0 Å². The first kappa shape index (κ1) is 10.4. The van der Waals surface area contributed by atoms with Crippen molar-refractivity contribution in [2.75, 3.05) is 6.66 Å². The fraction of sp³-hybridized carbons (Fsp3) is 0.500. The quantitative estimate of drug-likeness (QED) is 0.694. The van der Waals surface area contributed by atoms with Gasteiger partial charge in [0, 0.05) is 0 Å². The fourth-order valence-corrected chi connectivity index (χ4v) is 5.87. The molecule has 14 heavy (non-hydrogen) atoms. The van der Waals surface area contributed by atoms with E-state index in [4.69, 9.17) is 11.8 Å².